The summed E-state index contributed by atoms with van der Waals surface area (Å²) in [5.41, 5.74) is 0. The van der Waals surface area contributed by atoms with Gasteiger partial charge in [-0.25, -0.2) is 0 Å². The Morgan fingerprint density at radius 1 is 0.706 bits per heavy atom. The van der Waals surface area contributed by atoms with Gasteiger partial charge in [-0.1, -0.05) is 58.2 Å². The lowest BCUT2D eigenvalue weighted by Gasteiger charge is -2.07. The molecule has 2 aromatic carbocycles. The predicted molar refractivity (Wildman–Crippen MR) is 77.0 cm³/mol. The fourth-order valence-electron chi connectivity index (χ4n) is 1.25. The topological polar surface area (TPSA) is 0 Å². The van der Waals surface area contributed by atoms with Crippen molar-refractivity contribution in [3.8, 4) is 0 Å². The first kappa shape index (κ1) is 13.4. The Bertz CT molecular complexity index is 514. The molecule has 0 aliphatic carbocycles. The van der Waals surface area contributed by atoms with E-state index >= 15 is 0 Å². The Hall–Kier alpha value is -0.0500. The summed E-state index contributed by atoms with van der Waals surface area (Å²) >= 11 is 25.3. The van der Waals surface area contributed by atoms with E-state index in [4.69, 9.17) is 46.4 Å². The van der Waals surface area contributed by atoms with E-state index in [-0.39, 0.29) is 0 Å². The molecule has 0 radical (unpaired) electrons. The van der Waals surface area contributed by atoms with Crippen molar-refractivity contribution in [3.05, 3.63) is 56.5 Å². The highest BCUT2D eigenvalue weighted by Gasteiger charge is 2.09. The fraction of sp³-hybridized carbons (Fsp3) is 0. The summed E-state index contributed by atoms with van der Waals surface area (Å²) < 4.78 is 0. The summed E-state index contributed by atoms with van der Waals surface area (Å²) in [6.07, 6.45) is 0. The average molecular weight is 324 g/mol. The molecule has 0 saturated carbocycles. The van der Waals surface area contributed by atoms with E-state index in [1.807, 2.05) is 24.3 Å². The second-order valence-electron chi connectivity index (χ2n) is 3.25. The minimum absolute atomic E-state index is 0.528. The van der Waals surface area contributed by atoms with Crippen LogP contribution in [0.15, 0.2) is 46.2 Å². The van der Waals surface area contributed by atoms with Gasteiger partial charge in [0.25, 0.3) is 0 Å². The molecule has 0 aliphatic rings. The number of halogens is 4. The van der Waals surface area contributed by atoms with Crippen LogP contribution in [-0.4, -0.2) is 0 Å². The molecule has 17 heavy (non-hydrogen) atoms. The highest BCUT2D eigenvalue weighted by Crippen LogP contribution is 2.40. The van der Waals surface area contributed by atoms with Crippen molar-refractivity contribution in [1.29, 1.82) is 0 Å². The zero-order valence-electron chi connectivity index (χ0n) is 8.38. The maximum absolute atomic E-state index is 6.10. The molecule has 0 N–H and O–H groups in total. The monoisotopic (exact) mass is 322 g/mol. The van der Waals surface area contributed by atoms with Gasteiger partial charge in [0, 0.05) is 19.8 Å². The fourth-order valence-corrected chi connectivity index (χ4v) is 3.24. The van der Waals surface area contributed by atoms with E-state index in [1.165, 1.54) is 11.8 Å². The summed E-state index contributed by atoms with van der Waals surface area (Å²) in [4.78, 5) is 1.81. The van der Waals surface area contributed by atoms with Crippen LogP contribution in [0.5, 0.6) is 0 Å². The molecule has 0 nitrogen and oxygen atoms in total. The Kier molecular flexibility index (Phi) is 4.51. The summed E-state index contributed by atoms with van der Waals surface area (Å²) in [5, 5.41) is 2.31. The average Bonchev–Trinajstić information content (AvgIpc) is 2.26. The molecule has 88 valence electrons. The third kappa shape index (κ3) is 3.46. The third-order valence-electron chi connectivity index (χ3n) is 2.00. The van der Waals surface area contributed by atoms with Crippen LogP contribution < -0.4 is 0 Å². The highest BCUT2D eigenvalue weighted by molar-refractivity contribution is 7.99. The summed E-state index contributed by atoms with van der Waals surface area (Å²) in [5.74, 6) is 0. The molecule has 2 rings (SSSR count). The van der Waals surface area contributed by atoms with Gasteiger partial charge in [0.2, 0.25) is 0 Å². The van der Waals surface area contributed by atoms with E-state index in [1.54, 1.807) is 12.1 Å². The number of benzene rings is 2. The Balaban J connectivity index is 2.33. The first-order valence-corrected chi connectivity index (χ1v) is 6.97. The van der Waals surface area contributed by atoms with Gasteiger partial charge in [-0.3, -0.25) is 0 Å². The number of hydrogen-bond acceptors (Lipinski definition) is 1. The van der Waals surface area contributed by atoms with Crippen molar-refractivity contribution in [2.75, 3.05) is 0 Å². The van der Waals surface area contributed by atoms with E-state index in [0.717, 1.165) is 9.79 Å². The van der Waals surface area contributed by atoms with Crippen molar-refractivity contribution in [3.63, 3.8) is 0 Å². The van der Waals surface area contributed by atoms with E-state index in [9.17, 15) is 0 Å². The van der Waals surface area contributed by atoms with Gasteiger partial charge in [-0.15, -0.1) is 0 Å². The maximum Gasteiger partial charge on any atom is 0.0575 e. The first-order valence-electron chi connectivity index (χ1n) is 4.64. The molecule has 0 heterocycles. The van der Waals surface area contributed by atoms with E-state index in [2.05, 4.69) is 0 Å². The van der Waals surface area contributed by atoms with Crippen LogP contribution >= 0.6 is 58.2 Å². The van der Waals surface area contributed by atoms with Gasteiger partial charge in [0.1, 0.15) is 0 Å². The van der Waals surface area contributed by atoms with E-state index < -0.39 is 0 Å². The summed E-state index contributed by atoms with van der Waals surface area (Å²) in [6, 6.07) is 10.8. The standard InChI is InChI=1S/C12H6Cl4S/c13-7-1-3-9(4-2-7)17-12-10(15)5-8(14)6-11(12)16/h1-6H. The van der Waals surface area contributed by atoms with Gasteiger partial charge in [-0.2, -0.15) is 0 Å². The molecular formula is C12H6Cl4S. The second kappa shape index (κ2) is 5.73. The lowest BCUT2D eigenvalue weighted by molar-refractivity contribution is 1.41. The first-order chi connectivity index (χ1) is 8.06. The molecule has 0 unspecified atom stereocenters. The Morgan fingerprint density at radius 3 is 1.76 bits per heavy atom. The smallest absolute Gasteiger partial charge is 0.0575 e. The minimum Gasteiger partial charge on any atom is -0.0870 e. The zero-order valence-corrected chi connectivity index (χ0v) is 12.2. The molecule has 5 heteroatoms. The van der Waals surface area contributed by atoms with Crippen LogP contribution in [0.4, 0.5) is 0 Å². The van der Waals surface area contributed by atoms with Crippen molar-refractivity contribution < 1.29 is 0 Å². The van der Waals surface area contributed by atoms with Crippen molar-refractivity contribution >= 4 is 58.2 Å². The van der Waals surface area contributed by atoms with Crippen molar-refractivity contribution in [1.82, 2.24) is 0 Å². The Labute approximate surface area is 124 Å². The highest BCUT2D eigenvalue weighted by atomic mass is 35.5. The summed E-state index contributed by atoms with van der Waals surface area (Å²) in [6.45, 7) is 0. The van der Waals surface area contributed by atoms with Crippen LogP contribution in [0, 0.1) is 0 Å². The second-order valence-corrected chi connectivity index (χ2v) is 6.03. The molecule has 0 atom stereocenters. The van der Waals surface area contributed by atoms with Crippen LogP contribution in [0.3, 0.4) is 0 Å². The normalized spacial score (nSPS) is 10.6. The van der Waals surface area contributed by atoms with Gasteiger partial charge in [0.15, 0.2) is 0 Å². The van der Waals surface area contributed by atoms with Crippen LogP contribution in [-0.2, 0) is 0 Å². The van der Waals surface area contributed by atoms with Gasteiger partial charge < -0.3 is 0 Å². The molecule has 0 saturated heterocycles. The quantitative estimate of drug-likeness (QED) is 0.611. The van der Waals surface area contributed by atoms with Crippen LogP contribution in [0.1, 0.15) is 0 Å². The molecule has 0 spiro atoms. The maximum atomic E-state index is 6.10. The molecule has 0 bridgehead atoms. The summed E-state index contributed by atoms with van der Waals surface area (Å²) in [7, 11) is 0. The zero-order chi connectivity index (χ0) is 12.4. The minimum atomic E-state index is 0.528. The van der Waals surface area contributed by atoms with Gasteiger partial charge in [0.05, 0.1) is 10.0 Å². The molecule has 2 aromatic rings. The van der Waals surface area contributed by atoms with Crippen LogP contribution in [0.25, 0.3) is 0 Å². The molecule has 0 aromatic heterocycles. The largest absolute Gasteiger partial charge is 0.0870 e. The van der Waals surface area contributed by atoms with Gasteiger partial charge >= 0.3 is 0 Å². The molecule has 0 amide bonds. The van der Waals surface area contributed by atoms with Crippen molar-refractivity contribution in [2.45, 2.75) is 9.79 Å². The number of hydrogen-bond donors (Lipinski definition) is 0. The lowest BCUT2D eigenvalue weighted by atomic mass is 10.3. The molecule has 0 aliphatic heterocycles. The lowest BCUT2D eigenvalue weighted by Crippen LogP contribution is -1.79. The molecule has 0 fully saturated rings. The Morgan fingerprint density at radius 2 is 1.24 bits per heavy atom. The van der Waals surface area contributed by atoms with Gasteiger partial charge in [-0.05, 0) is 36.4 Å². The number of rotatable bonds is 2. The molecular weight excluding hydrogens is 318 g/mol. The van der Waals surface area contributed by atoms with Crippen molar-refractivity contribution in [2.24, 2.45) is 0 Å². The predicted octanol–water partition coefficient (Wildman–Crippen LogP) is 6.45. The SMILES string of the molecule is Clc1ccc(Sc2c(Cl)cc(Cl)cc2Cl)cc1. The van der Waals surface area contributed by atoms with E-state index in [0.29, 0.717) is 20.1 Å². The third-order valence-corrected chi connectivity index (χ3v) is 4.44. The van der Waals surface area contributed by atoms with Crippen LogP contribution in [0.2, 0.25) is 20.1 Å².